The van der Waals surface area contributed by atoms with Gasteiger partial charge in [-0.2, -0.15) is 0 Å². The highest BCUT2D eigenvalue weighted by Gasteiger charge is 2.22. The summed E-state index contributed by atoms with van der Waals surface area (Å²) in [7, 11) is 0. The molecular weight excluding hydrogens is 422 g/mol. The fraction of sp³-hybridized carbons (Fsp3) is 0.381. The van der Waals surface area contributed by atoms with Gasteiger partial charge in [-0.3, -0.25) is 9.36 Å². The Bertz CT molecular complexity index is 1010. The highest BCUT2D eigenvalue weighted by atomic mass is 35.5. The number of hydrogen-bond donors (Lipinski definition) is 1. The summed E-state index contributed by atoms with van der Waals surface area (Å²) in [5.74, 6) is 1.72. The molecule has 0 bridgehead atoms. The molecule has 1 fully saturated rings. The number of benzene rings is 1. The van der Waals surface area contributed by atoms with Crippen LogP contribution in [0.2, 0.25) is 5.02 Å². The van der Waals surface area contributed by atoms with E-state index < -0.39 is 0 Å². The number of halogens is 1. The molecule has 4 rings (SSSR count). The van der Waals surface area contributed by atoms with Crippen molar-refractivity contribution in [3.63, 3.8) is 0 Å². The Hall–Kier alpha value is -2.45. The van der Waals surface area contributed by atoms with E-state index in [-0.39, 0.29) is 11.7 Å². The van der Waals surface area contributed by atoms with Crippen molar-refractivity contribution in [2.75, 3.05) is 29.1 Å². The summed E-state index contributed by atoms with van der Waals surface area (Å²) in [6.45, 7) is 6.37. The zero-order chi connectivity index (χ0) is 21.1. The molecule has 158 valence electrons. The van der Waals surface area contributed by atoms with Crippen LogP contribution in [0.1, 0.15) is 29.7 Å². The molecule has 0 atom stereocenters. The standard InChI is InChI=1S/C21H24ClN5O2S/c1-14-10-15(2)19(17(22)11-14)23-18(28)13-30-21-25-24-20(26-7-3-4-8-26)27(21)12-16-6-5-9-29-16/h5-6,9-11H,3-4,7-8,12-13H2,1-2H3,(H,23,28). The van der Waals surface area contributed by atoms with Crippen molar-refractivity contribution in [2.45, 2.75) is 38.4 Å². The second-order valence-corrected chi connectivity index (χ2v) is 8.77. The van der Waals surface area contributed by atoms with Gasteiger partial charge in [0, 0.05) is 13.1 Å². The number of thioether (sulfide) groups is 1. The first-order valence-corrected chi connectivity index (χ1v) is 11.3. The predicted molar refractivity (Wildman–Crippen MR) is 120 cm³/mol. The molecule has 1 N–H and O–H groups in total. The van der Waals surface area contributed by atoms with Gasteiger partial charge in [-0.1, -0.05) is 29.4 Å². The van der Waals surface area contributed by atoms with E-state index in [0.717, 1.165) is 48.8 Å². The molecule has 1 amide bonds. The van der Waals surface area contributed by atoms with Crippen LogP contribution in [-0.4, -0.2) is 39.5 Å². The van der Waals surface area contributed by atoms with Crippen LogP contribution in [0.3, 0.4) is 0 Å². The van der Waals surface area contributed by atoms with E-state index >= 15 is 0 Å². The second kappa shape index (κ2) is 9.14. The minimum Gasteiger partial charge on any atom is -0.467 e. The van der Waals surface area contributed by atoms with E-state index in [1.807, 2.05) is 42.7 Å². The van der Waals surface area contributed by atoms with Crippen LogP contribution in [0.4, 0.5) is 11.6 Å². The quantitative estimate of drug-likeness (QED) is 0.539. The average Bonchev–Trinajstić information content (AvgIpc) is 3.45. The van der Waals surface area contributed by atoms with Gasteiger partial charge in [-0.05, 0) is 56.0 Å². The molecule has 0 aliphatic carbocycles. The summed E-state index contributed by atoms with van der Waals surface area (Å²) >= 11 is 7.67. The number of aryl methyl sites for hydroxylation is 2. The summed E-state index contributed by atoms with van der Waals surface area (Å²) < 4.78 is 7.54. The first-order chi connectivity index (χ1) is 14.5. The molecule has 1 saturated heterocycles. The lowest BCUT2D eigenvalue weighted by molar-refractivity contribution is -0.113. The van der Waals surface area contributed by atoms with Crippen LogP contribution in [0.15, 0.2) is 40.1 Å². The second-order valence-electron chi connectivity index (χ2n) is 7.42. The summed E-state index contributed by atoms with van der Waals surface area (Å²) in [6.07, 6.45) is 3.95. The lowest BCUT2D eigenvalue weighted by atomic mass is 10.1. The molecule has 1 aliphatic heterocycles. The molecular formula is C21H24ClN5O2S. The van der Waals surface area contributed by atoms with Gasteiger partial charge >= 0.3 is 0 Å². The Morgan fingerprint density at radius 2 is 2.07 bits per heavy atom. The zero-order valence-corrected chi connectivity index (χ0v) is 18.6. The maximum Gasteiger partial charge on any atom is 0.234 e. The molecule has 9 heteroatoms. The van der Waals surface area contributed by atoms with Gasteiger partial charge in [0.1, 0.15) is 5.76 Å². The first kappa shape index (κ1) is 20.8. The number of rotatable bonds is 7. The summed E-state index contributed by atoms with van der Waals surface area (Å²) in [5, 5.41) is 12.9. The summed E-state index contributed by atoms with van der Waals surface area (Å²) in [4.78, 5) is 14.8. The van der Waals surface area contributed by atoms with Crippen molar-refractivity contribution >= 4 is 40.9 Å². The third kappa shape index (κ3) is 4.65. The van der Waals surface area contributed by atoms with Crippen LogP contribution < -0.4 is 10.2 Å². The van der Waals surface area contributed by atoms with Crippen LogP contribution in [-0.2, 0) is 11.3 Å². The zero-order valence-electron chi connectivity index (χ0n) is 17.0. The lowest BCUT2D eigenvalue weighted by Crippen LogP contribution is -2.23. The number of furan rings is 1. The Kier molecular flexibility index (Phi) is 6.34. The monoisotopic (exact) mass is 445 g/mol. The molecule has 0 saturated carbocycles. The molecule has 3 heterocycles. The Balaban J connectivity index is 1.48. The number of nitrogens with zero attached hydrogens (tertiary/aromatic N) is 4. The number of nitrogens with one attached hydrogen (secondary N) is 1. The third-order valence-corrected chi connectivity index (χ3v) is 6.27. The normalized spacial score (nSPS) is 13.8. The molecule has 0 radical (unpaired) electrons. The highest BCUT2D eigenvalue weighted by Crippen LogP contribution is 2.29. The molecule has 0 spiro atoms. The summed E-state index contributed by atoms with van der Waals surface area (Å²) in [6, 6.07) is 7.64. The predicted octanol–water partition coefficient (Wildman–Crippen LogP) is 4.52. The van der Waals surface area contributed by atoms with Crippen LogP contribution in [0.5, 0.6) is 0 Å². The molecule has 3 aromatic rings. The van der Waals surface area contributed by atoms with Gasteiger partial charge in [0.05, 0.1) is 29.3 Å². The van der Waals surface area contributed by atoms with Crippen molar-refractivity contribution in [3.05, 3.63) is 52.4 Å². The fourth-order valence-electron chi connectivity index (χ4n) is 3.62. The summed E-state index contributed by atoms with van der Waals surface area (Å²) in [5.41, 5.74) is 2.66. The first-order valence-electron chi connectivity index (χ1n) is 9.91. The molecule has 1 aromatic carbocycles. The number of amides is 1. The molecule has 2 aromatic heterocycles. The Morgan fingerprint density at radius 3 is 2.77 bits per heavy atom. The van der Waals surface area contributed by atoms with Crippen molar-refractivity contribution in [1.29, 1.82) is 0 Å². The van der Waals surface area contributed by atoms with Gasteiger partial charge in [-0.15, -0.1) is 10.2 Å². The van der Waals surface area contributed by atoms with Gasteiger partial charge in [0.25, 0.3) is 0 Å². The number of aromatic nitrogens is 3. The maximum atomic E-state index is 12.6. The van der Waals surface area contributed by atoms with Crippen molar-refractivity contribution in [3.8, 4) is 0 Å². The molecule has 30 heavy (non-hydrogen) atoms. The Morgan fingerprint density at radius 1 is 1.27 bits per heavy atom. The van der Waals surface area contributed by atoms with E-state index in [0.29, 0.717) is 22.4 Å². The third-order valence-electron chi connectivity index (χ3n) is 5.01. The SMILES string of the molecule is Cc1cc(C)c(NC(=O)CSc2nnc(N3CCCC3)n2Cc2ccco2)c(Cl)c1. The topological polar surface area (TPSA) is 76.2 Å². The Labute approximate surface area is 184 Å². The van der Waals surface area contributed by atoms with E-state index in [1.165, 1.54) is 11.8 Å². The van der Waals surface area contributed by atoms with E-state index in [2.05, 4.69) is 20.4 Å². The minimum absolute atomic E-state index is 0.135. The van der Waals surface area contributed by atoms with E-state index in [4.69, 9.17) is 16.0 Å². The van der Waals surface area contributed by atoms with Crippen molar-refractivity contribution < 1.29 is 9.21 Å². The number of hydrogen-bond acceptors (Lipinski definition) is 6. The van der Waals surface area contributed by atoms with Gasteiger partial charge in [0.2, 0.25) is 11.9 Å². The number of anilines is 2. The largest absolute Gasteiger partial charge is 0.467 e. The van der Waals surface area contributed by atoms with Crippen LogP contribution in [0, 0.1) is 13.8 Å². The minimum atomic E-state index is -0.135. The smallest absolute Gasteiger partial charge is 0.234 e. The lowest BCUT2D eigenvalue weighted by Gasteiger charge is -2.17. The molecule has 7 nitrogen and oxygen atoms in total. The van der Waals surface area contributed by atoms with Crippen molar-refractivity contribution in [2.24, 2.45) is 0 Å². The fourth-order valence-corrected chi connectivity index (χ4v) is 4.72. The average molecular weight is 446 g/mol. The van der Waals surface area contributed by atoms with Crippen LogP contribution in [0.25, 0.3) is 0 Å². The van der Waals surface area contributed by atoms with Gasteiger partial charge < -0.3 is 14.6 Å². The van der Waals surface area contributed by atoms with E-state index in [9.17, 15) is 4.79 Å². The van der Waals surface area contributed by atoms with Gasteiger partial charge in [-0.25, -0.2) is 0 Å². The van der Waals surface area contributed by atoms with Crippen LogP contribution >= 0.6 is 23.4 Å². The van der Waals surface area contributed by atoms with Gasteiger partial charge in [0.15, 0.2) is 5.16 Å². The molecule has 0 unspecified atom stereocenters. The maximum absolute atomic E-state index is 12.6. The van der Waals surface area contributed by atoms with E-state index in [1.54, 1.807) is 6.26 Å². The number of carbonyl (C=O) groups excluding carboxylic acids is 1. The molecule has 1 aliphatic rings. The number of carbonyl (C=O) groups is 1. The highest BCUT2D eigenvalue weighted by molar-refractivity contribution is 7.99. The van der Waals surface area contributed by atoms with Crippen molar-refractivity contribution in [1.82, 2.24) is 14.8 Å².